The number of aryl methyl sites for hydroxylation is 1. The van der Waals surface area contributed by atoms with Gasteiger partial charge >= 0.3 is 5.97 Å². The maximum atomic E-state index is 11.1. The molecule has 0 radical (unpaired) electrons. The van der Waals surface area contributed by atoms with Crippen molar-refractivity contribution in [1.29, 1.82) is 0 Å². The molecule has 0 aliphatic heterocycles. The Labute approximate surface area is 71.2 Å². The number of aromatic nitrogens is 2. The van der Waals surface area contributed by atoms with Crippen molar-refractivity contribution in [2.24, 2.45) is 0 Å². The van der Waals surface area contributed by atoms with Gasteiger partial charge in [0.2, 0.25) is 0 Å². The SMILES string of the molecule is CCOC(=O)c1cn(CC)cn1. The molecular weight excluding hydrogens is 156 g/mol. The van der Waals surface area contributed by atoms with Crippen LogP contribution in [0.25, 0.3) is 0 Å². The minimum Gasteiger partial charge on any atom is -0.461 e. The standard InChI is InChI=1S/C8H12N2O2/c1-3-10-5-7(9-6-10)8(11)12-4-2/h5-6H,3-4H2,1-2H3. The first-order valence-corrected chi connectivity index (χ1v) is 3.96. The van der Waals surface area contributed by atoms with Gasteiger partial charge in [0.25, 0.3) is 0 Å². The lowest BCUT2D eigenvalue weighted by Gasteiger charge is -1.95. The molecule has 0 saturated heterocycles. The van der Waals surface area contributed by atoms with Gasteiger partial charge in [-0.3, -0.25) is 0 Å². The molecule has 12 heavy (non-hydrogen) atoms. The molecule has 0 amide bonds. The summed E-state index contributed by atoms with van der Waals surface area (Å²) in [5.74, 6) is -0.357. The van der Waals surface area contributed by atoms with Gasteiger partial charge in [-0.1, -0.05) is 0 Å². The molecule has 0 N–H and O–H groups in total. The van der Waals surface area contributed by atoms with Gasteiger partial charge in [0, 0.05) is 12.7 Å². The molecular formula is C8H12N2O2. The zero-order chi connectivity index (χ0) is 8.97. The lowest BCUT2D eigenvalue weighted by molar-refractivity contribution is 0.0520. The fraction of sp³-hybridized carbons (Fsp3) is 0.500. The fourth-order valence-electron chi connectivity index (χ4n) is 0.843. The van der Waals surface area contributed by atoms with E-state index in [1.54, 1.807) is 19.4 Å². The molecule has 0 fully saturated rings. The Hall–Kier alpha value is -1.32. The van der Waals surface area contributed by atoms with Crippen molar-refractivity contribution in [2.75, 3.05) is 6.61 Å². The first-order valence-electron chi connectivity index (χ1n) is 3.96. The minimum atomic E-state index is -0.357. The monoisotopic (exact) mass is 168 g/mol. The number of ether oxygens (including phenoxy) is 1. The van der Waals surface area contributed by atoms with Crippen molar-refractivity contribution in [1.82, 2.24) is 9.55 Å². The highest BCUT2D eigenvalue weighted by Crippen LogP contribution is 1.98. The van der Waals surface area contributed by atoms with E-state index in [1.807, 2.05) is 11.5 Å². The van der Waals surface area contributed by atoms with Crippen molar-refractivity contribution >= 4 is 5.97 Å². The number of hydrogen-bond acceptors (Lipinski definition) is 3. The molecule has 0 saturated carbocycles. The molecule has 4 heteroatoms. The van der Waals surface area contributed by atoms with Gasteiger partial charge in [-0.05, 0) is 13.8 Å². The molecule has 1 aromatic rings. The molecule has 0 aliphatic rings. The van der Waals surface area contributed by atoms with E-state index >= 15 is 0 Å². The van der Waals surface area contributed by atoms with E-state index in [2.05, 4.69) is 4.98 Å². The van der Waals surface area contributed by atoms with Gasteiger partial charge in [-0.25, -0.2) is 9.78 Å². The molecule has 1 rings (SSSR count). The summed E-state index contributed by atoms with van der Waals surface area (Å²) < 4.78 is 6.60. The van der Waals surface area contributed by atoms with Crippen molar-refractivity contribution < 1.29 is 9.53 Å². The molecule has 0 bridgehead atoms. The second-order valence-corrected chi connectivity index (χ2v) is 2.31. The van der Waals surface area contributed by atoms with E-state index in [0.717, 1.165) is 6.54 Å². The molecule has 0 aliphatic carbocycles. The summed E-state index contributed by atoms with van der Waals surface area (Å²) in [6.07, 6.45) is 3.30. The van der Waals surface area contributed by atoms with Gasteiger partial charge in [-0.2, -0.15) is 0 Å². The van der Waals surface area contributed by atoms with Crippen LogP contribution in [0.15, 0.2) is 12.5 Å². The third-order valence-electron chi connectivity index (χ3n) is 1.48. The average molecular weight is 168 g/mol. The lowest BCUT2D eigenvalue weighted by atomic mass is 10.5. The van der Waals surface area contributed by atoms with Crippen molar-refractivity contribution in [2.45, 2.75) is 20.4 Å². The predicted octanol–water partition coefficient (Wildman–Crippen LogP) is 1.08. The summed E-state index contributed by atoms with van der Waals surface area (Å²) in [6.45, 7) is 4.95. The van der Waals surface area contributed by atoms with Gasteiger partial charge in [0.05, 0.1) is 12.9 Å². The Morgan fingerprint density at radius 1 is 1.67 bits per heavy atom. The van der Waals surface area contributed by atoms with Crippen LogP contribution < -0.4 is 0 Å². The number of imidazole rings is 1. The first-order chi connectivity index (χ1) is 5.77. The Morgan fingerprint density at radius 3 is 2.92 bits per heavy atom. The molecule has 0 spiro atoms. The number of carbonyl (C=O) groups excluding carboxylic acids is 1. The quantitative estimate of drug-likeness (QED) is 0.634. The average Bonchev–Trinajstić information content (AvgIpc) is 2.52. The van der Waals surface area contributed by atoms with E-state index in [9.17, 15) is 4.79 Å². The van der Waals surface area contributed by atoms with E-state index in [4.69, 9.17) is 4.74 Å². The Bertz CT molecular complexity index is 268. The largest absolute Gasteiger partial charge is 0.461 e. The third kappa shape index (κ3) is 1.84. The highest BCUT2D eigenvalue weighted by molar-refractivity contribution is 5.86. The van der Waals surface area contributed by atoms with Crippen LogP contribution in [-0.4, -0.2) is 22.1 Å². The molecule has 1 heterocycles. The first kappa shape index (κ1) is 8.77. The van der Waals surface area contributed by atoms with E-state index in [1.165, 1.54) is 0 Å². The maximum Gasteiger partial charge on any atom is 0.358 e. The van der Waals surface area contributed by atoms with Gasteiger partial charge < -0.3 is 9.30 Å². The second-order valence-electron chi connectivity index (χ2n) is 2.31. The third-order valence-corrected chi connectivity index (χ3v) is 1.48. The van der Waals surface area contributed by atoms with Gasteiger partial charge in [0.15, 0.2) is 5.69 Å². The van der Waals surface area contributed by atoms with Crippen LogP contribution in [0.1, 0.15) is 24.3 Å². The summed E-state index contributed by atoms with van der Waals surface area (Å²) in [4.78, 5) is 15.0. The fourth-order valence-corrected chi connectivity index (χ4v) is 0.843. The topological polar surface area (TPSA) is 44.1 Å². The molecule has 1 aromatic heterocycles. The number of carbonyl (C=O) groups is 1. The maximum absolute atomic E-state index is 11.1. The molecule has 4 nitrogen and oxygen atoms in total. The smallest absolute Gasteiger partial charge is 0.358 e. The van der Waals surface area contributed by atoms with Crippen LogP contribution in [0.3, 0.4) is 0 Å². The van der Waals surface area contributed by atoms with Crippen LogP contribution in [0.4, 0.5) is 0 Å². The van der Waals surface area contributed by atoms with Crippen LogP contribution in [0.2, 0.25) is 0 Å². The number of nitrogens with zero attached hydrogens (tertiary/aromatic N) is 2. The van der Waals surface area contributed by atoms with E-state index in [-0.39, 0.29) is 5.97 Å². The number of hydrogen-bond donors (Lipinski definition) is 0. The van der Waals surface area contributed by atoms with Gasteiger partial charge in [0.1, 0.15) is 0 Å². The zero-order valence-corrected chi connectivity index (χ0v) is 7.28. The van der Waals surface area contributed by atoms with Crippen LogP contribution in [-0.2, 0) is 11.3 Å². The van der Waals surface area contributed by atoms with Gasteiger partial charge in [-0.15, -0.1) is 0 Å². The molecule has 66 valence electrons. The summed E-state index contributed by atoms with van der Waals surface area (Å²) in [5.41, 5.74) is 0.374. The molecule has 0 atom stereocenters. The van der Waals surface area contributed by atoms with Crippen LogP contribution in [0, 0.1) is 0 Å². The second kappa shape index (κ2) is 3.90. The summed E-state index contributed by atoms with van der Waals surface area (Å²) in [6, 6.07) is 0. The van der Waals surface area contributed by atoms with Crippen molar-refractivity contribution in [3.8, 4) is 0 Å². The molecule has 0 unspecified atom stereocenters. The normalized spacial score (nSPS) is 9.83. The summed E-state index contributed by atoms with van der Waals surface area (Å²) >= 11 is 0. The van der Waals surface area contributed by atoms with E-state index < -0.39 is 0 Å². The predicted molar refractivity (Wildman–Crippen MR) is 43.9 cm³/mol. The molecule has 0 aromatic carbocycles. The lowest BCUT2D eigenvalue weighted by Crippen LogP contribution is -2.04. The highest BCUT2D eigenvalue weighted by atomic mass is 16.5. The highest BCUT2D eigenvalue weighted by Gasteiger charge is 2.08. The Morgan fingerprint density at radius 2 is 2.42 bits per heavy atom. The number of rotatable bonds is 3. The number of esters is 1. The summed E-state index contributed by atoms with van der Waals surface area (Å²) in [7, 11) is 0. The Kier molecular flexibility index (Phi) is 2.85. The van der Waals surface area contributed by atoms with Crippen LogP contribution in [0.5, 0.6) is 0 Å². The zero-order valence-electron chi connectivity index (χ0n) is 7.28. The minimum absolute atomic E-state index is 0.357. The Balaban J connectivity index is 2.68. The van der Waals surface area contributed by atoms with Crippen LogP contribution >= 0.6 is 0 Å². The van der Waals surface area contributed by atoms with E-state index in [0.29, 0.717) is 12.3 Å². The van der Waals surface area contributed by atoms with Crippen molar-refractivity contribution in [3.63, 3.8) is 0 Å². The summed E-state index contributed by atoms with van der Waals surface area (Å²) in [5, 5.41) is 0. The van der Waals surface area contributed by atoms with Crippen molar-refractivity contribution in [3.05, 3.63) is 18.2 Å².